The number of anilines is 1. The van der Waals surface area contributed by atoms with Crippen molar-refractivity contribution in [3.8, 4) is 10.4 Å². The number of fused-ring (bicyclic) bond motifs is 3. The van der Waals surface area contributed by atoms with E-state index in [0.29, 0.717) is 10.6 Å². The van der Waals surface area contributed by atoms with E-state index in [1.165, 1.54) is 30.3 Å². The van der Waals surface area contributed by atoms with Crippen LogP contribution in [-0.2, 0) is 17.6 Å². The minimum atomic E-state index is -0.438. The number of furan rings is 1. The average Bonchev–Trinajstić information content (AvgIpc) is 3.29. The number of nitrogens with one attached hydrogen (secondary N) is 1. The molecule has 4 rings (SSSR count). The first-order chi connectivity index (χ1) is 12.2. The van der Waals surface area contributed by atoms with Gasteiger partial charge in [0.2, 0.25) is 0 Å². The van der Waals surface area contributed by atoms with E-state index in [2.05, 4.69) is 11.4 Å². The minimum Gasteiger partial charge on any atom is -0.465 e. The first-order valence-corrected chi connectivity index (χ1v) is 8.67. The maximum atomic E-state index is 12.4. The van der Waals surface area contributed by atoms with Gasteiger partial charge >= 0.3 is 5.97 Å². The van der Waals surface area contributed by atoms with Crippen LogP contribution in [0.2, 0.25) is 0 Å². The minimum absolute atomic E-state index is 0.197. The molecule has 126 valence electrons. The highest BCUT2D eigenvalue weighted by Crippen LogP contribution is 2.45. The number of benzene rings is 1. The van der Waals surface area contributed by atoms with Crippen molar-refractivity contribution in [1.29, 1.82) is 0 Å². The molecule has 0 saturated heterocycles. The summed E-state index contributed by atoms with van der Waals surface area (Å²) in [5, 5.41) is 3.30. The lowest BCUT2D eigenvalue weighted by atomic mass is 9.89. The Labute approximate surface area is 148 Å². The second-order valence-corrected chi connectivity index (χ2v) is 6.71. The molecule has 1 N–H and O–H groups in total. The first-order valence-electron chi connectivity index (χ1n) is 7.86. The van der Waals surface area contributed by atoms with Crippen LogP contribution in [0.15, 0.2) is 47.1 Å². The topological polar surface area (TPSA) is 68.5 Å². The normalized spacial score (nSPS) is 12.2. The Morgan fingerprint density at radius 1 is 1.16 bits per heavy atom. The maximum Gasteiger partial charge on any atom is 0.341 e. The van der Waals surface area contributed by atoms with Gasteiger partial charge in [-0.2, -0.15) is 0 Å². The van der Waals surface area contributed by atoms with Crippen LogP contribution in [0.3, 0.4) is 0 Å². The van der Waals surface area contributed by atoms with Crippen molar-refractivity contribution < 1.29 is 18.7 Å². The monoisotopic (exact) mass is 353 g/mol. The lowest BCUT2D eigenvalue weighted by molar-refractivity contribution is 0.0601. The molecule has 25 heavy (non-hydrogen) atoms. The first kappa shape index (κ1) is 15.7. The van der Waals surface area contributed by atoms with Gasteiger partial charge in [0.25, 0.3) is 5.91 Å². The standard InChI is InChI=1S/C19H15NO4S/c1-23-19(22)15-13-9-8-11-5-2-3-6-12(11)16(13)25-18(15)20-17(21)14-7-4-10-24-14/h2-7,10H,8-9H2,1H3,(H,20,21). The largest absolute Gasteiger partial charge is 0.465 e. The van der Waals surface area contributed by atoms with Gasteiger partial charge in [-0.1, -0.05) is 24.3 Å². The van der Waals surface area contributed by atoms with E-state index >= 15 is 0 Å². The molecule has 1 aromatic carbocycles. The third-order valence-corrected chi connectivity index (χ3v) is 5.46. The highest BCUT2D eigenvalue weighted by molar-refractivity contribution is 7.20. The van der Waals surface area contributed by atoms with E-state index in [1.807, 2.05) is 18.2 Å². The van der Waals surface area contributed by atoms with E-state index in [9.17, 15) is 9.59 Å². The van der Waals surface area contributed by atoms with Crippen LogP contribution in [0.4, 0.5) is 5.00 Å². The summed E-state index contributed by atoms with van der Waals surface area (Å²) in [5.74, 6) is -0.628. The number of carbonyl (C=O) groups is 2. The van der Waals surface area contributed by atoms with E-state index in [-0.39, 0.29) is 11.7 Å². The zero-order valence-corrected chi connectivity index (χ0v) is 14.3. The molecular weight excluding hydrogens is 338 g/mol. The van der Waals surface area contributed by atoms with Crippen molar-refractivity contribution in [2.75, 3.05) is 12.4 Å². The van der Waals surface area contributed by atoms with Crippen molar-refractivity contribution in [1.82, 2.24) is 0 Å². The average molecular weight is 353 g/mol. The molecule has 3 aromatic rings. The van der Waals surface area contributed by atoms with Crippen LogP contribution in [0.1, 0.15) is 32.0 Å². The number of rotatable bonds is 3. The van der Waals surface area contributed by atoms with Crippen LogP contribution in [0.25, 0.3) is 10.4 Å². The molecule has 0 bridgehead atoms. The van der Waals surface area contributed by atoms with Gasteiger partial charge in [-0.3, -0.25) is 4.79 Å². The van der Waals surface area contributed by atoms with Crippen LogP contribution in [0.5, 0.6) is 0 Å². The van der Waals surface area contributed by atoms with E-state index < -0.39 is 5.97 Å². The molecule has 0 radical (unpaired) electrons. The molecule has 2 aromatic heterocycles. The Morgan fingerprint density at radius 2 is 2.00 bits per heavy atom. The molecule has 0 fully saturated rings. The molecule has 6 heteroatoms. The van der Waals surface area contributed by atoms with Crippen molar-refractivity contribution in [3.63, 3.8) is 0 Å². The summed E-state index contributed by atoms with van der Waals surface area (Å²) in [6, 6.07) is 11.4. The summed E-state index contributed by atoms with van der Waals surface area (Å²) >= 11 is 1.40. The smallest absolute Gasteiger partial charge is 0.341 e. The number of thiophene rings is 1. The number of hydrogen-bond acceptors (Lipinski definition) is 5. The number of aryl methyl sites for hydroxylation is 1. The highest BCUT2D eigenvalue weighted by Gasteiger charge is 2.29. The lowest BCUT2D eigenvalue weighted by Gasteiger charge is -2.16. The summed E-state index contributed by atoms with van der Waals surface area (Å²) in [6.45, 7) is 0. The van der Waals surface area contributed by atoms with E-state index in [4.69, 9.17) is 9.15 Å². The fourth-order valence-corrected chi connectivity index (χ4v) is 4.41. The van der Waals surface area contributed by atoms with Crippen LogP contribution in [-0.4, -0.2) is 19.0 Å². The predicted octanol–water partition coefficient (Wildman–Crippen LogP) is 4.15. The summed E-state index contributed by atoms with van der Waals surface area (Å²) in [6.07, 6.45) is 3.03. The molecule has 0 atom stereocenters. The molecule has 0 saturated carbocycles. The van der Waals surface area contributed by atoms with Crippen LogP contribution >= 0.6 is 11.3 Å². The number of ether oxygens (including phenoxy) is 1. The van der Waals surface area contributed by atoms with Gasteiger partial charge in [0, 0.05) is 4.88 Å². The van der Waals surface area contributed by atoms with Gasteiger partial charge in [0.1, 0.15) is 5.00 Å². The van der Waals surface area contributed by atoms with Gasteiger partial charge in [-0.25, -0.2) is 4.79 Å². The number of amides is 1. The molecule has 1 aliphatic rings. The van der Waals surface area contributed by atoms with Crippen molar-refractivity contribution in [3.05, 3.63) is 65.1 Å². The van der Waals surface area contributed by atoms with Gasteiger partial charge in [0.05, 0.1) is 18.9 Å². The summed E-state index contributed by atoms with van der Waals surface area (Å²) in [5.41, 5.74) is 3.73. The molecule has 0 aliphatic heterocycles. The van der Waals surface area contributed by atoms with Gasteiger partial charge in [0.15, 0.2) is 5.76 Å². The third kappa shape index (κ3) is 2.64. The second-order valence-electron chi connectivity index (χ2n) is 5.69. The molecule has 0 unspecified atom stereocenters. The molecule has 0 spiro atoms. The van der Waals surface area contributed by atoms with Crippen LogP contribution < -0.4 is 5.32 Å². The Balaban J connectivity index is 1.81. The number of esters is 1. The zero-order chi connectivity index (χ0) is 17.4. The second kappa shape index (κ2) is 6.22. The number of methoxy groups -OCH3 is 1. The molecule has 1 amide bonds. The Hall–Kier alpha value is -2.86. The zero-order valence-electron chi connectivity index (χ0n) is 13.5. The Bertz CT molecular complexity index is 956. The molecule has 2 heterocycles. The molecular formula is C19H15NO4S. The summed E-state index contributed by atoms with van der Waals surface area (Å²) < 4.78 is 10.1. The van der Waals surface area contributed by atoms with E-state index in [1.54, 1.807) is 12.1 Å². The molecule has 1 aliphatic carbocycles. The highest BCUT2D eigenvalue weighted by atomic mass is 32.1. The van der Waals surface area contributed by atoms with E-state index in [0.717, 1.165) is 28.8 Å². The molecule has 5 nitrogen and oxygen atoms in total. The third-order valence-electron chi connectivity index (χ3n) is 4.27. The van der Waals surface area contributed by atoms with Gasteiger partial charge < -0.3 is 14.5 Å². The van der Waals surface area contributed by atoms with Gasteiger partial charge in [-0.15, -0.1) is 11.3 Å². The lowest BCUT2D eigenvalue weighted by Crippen LogP contribution is -2.14. The number of hydrogen-bond donors (Lipinski definition) is 1. The number of carbonyl (C=O) groups excluding carboxylic acids is 2. The Kier molecular flexibility index (Phi) is 3.89. The quantitative estimate of drug-likeness (QED) is 0.718. The predicted molar refractivity (Wildman–Crippen MR) is 95.2 cm³/mol. The summed E-state index contributed by atoms with van der Waals surface area (Å²) in [7, 11) is 1.35. The SMILES string of the molecule is COC(=O)c1c(NC(=O)c2ccco2)sc2c1CCc1ccccc1-2. The van der Waals surface area contributed by atoms with Crippen molar-refractivity contribution in [2.24, 2.45) is 0 Å². The van der Waals surface area contributed by atoms with Crippen molar-refractivity contribution >= 4 is 28.2 Å². The fourth-order valence-electron chi connectivity index (χ4n) is 3.12. The summed E-state index contributed by atoms with van der Waals surface area (Å²) in [4.78, 5) is 25.7. The Morgan fingerprint density at radius 3 is 2.76 bits per heavy atom. The maximum absolute atomic E-state index is 12.4. The van der Waals surface area contributed by atoms with Gasteiger partial charge in [-0.05, 0) is 41.7 Å². The van der Waals surface area contributed by atoms with Crippen LogP contribution in [0, 0.1) is 0 Å². The van der Waals surface area contributed by atoms with Crippen molar-refractivity contribution in [2.45, 2.75) is 12.8 Å². The fraction of sp³-hybridized carbons (Fsp3) is 0.158.